The first-order valence-corrected chi connectivity index (χ1v) is 11.4. The molecule has 3 aromatic rings. The molecule has 35 heavy (non-hydrogen) atoms. The summed E-state index contributed by atoms with van der Waals surface area (Å²) >= 11 is 5.88. The van der Waals surface area contributed by atoms with Crippen molar-refractivity contribution in [2.75, 3.05) is 49.9 Å². The highest BCUT2D eigenvalue weighted by Crippen LogP contribution is 2.34. The third-order valence-electron chi connectivity index (χ3n) is 5.40. The molecule has 1 aromatic heterocycles. The van der Waals surface area contributed by atoms with Crippen molar-refractivity contribution in [2.45, 2.75) is 6.42 Å². The van der Waals surface area contributed by atoms with Gasteiger partial charge in [-0.25, -0.2) is 23.8 Å². The molecule has 0 saturated carbocycles. The van der Waals surface area contributed by atoms with Gasteiger partial charge in [0.15, 0.2) is 5.83 Å². The van der Waals surface area contributed by atoms with Gasteiger partial charge in [-0.1, -0.05) is 18.2 Å². The first-order valence-electron chi connectivity index (χ1n) is 11.0. The number of nitrogens with zero attached hydrogens (tertiary/aromatic N) is 4. The van der Waals surface area contributed by atoms with Crippen LogP contribution in [0.5, 0.6) is 5.75 Å². The van der Waals surface area contributed by atoms with Gasteiger partial charge in [0.2, 0.25) is 0 Å². The molecule has 0 spiro atoms. The number of fused-ring (bicyclic) bond motifs is 1. The first kappa shape index (κ1) is 24.8. The van der Waals surface area contributed by atoms with Gasteiger partial charge in [-0.05, 0) is 30.7 Å². The third kappa shape index (κ3) is 6.21. The van der Waals surface area contributed by atoms with E-state index in [-0.39, 0.29) is 16.4 Å². The highest BCUT2D eigenvalue weighted by Gasteiger charge is 2.24. The fraction of sp³-hybridized carbons (Fsp3) is 0.292. The monoisotopic (exact) mass is 503 g/mol. The van der Waals surface area contributed by atoms with Crippen molar-refractivity contribution in [2.24, 2.45) is 0 Å². The number of carbonyl (C=O) groups excluding carboxylic acids is 1. The SMILES string of the molecule is C=C(F)C(=O)N(Nc1ccc(F)c(Cl)c1)c1cc2cncnc2cc1OCCCN1CCOCC1. The van der Waals surface area contributed by atoms with Crippen LogP contribution in [0.1, 0.15) is 6.42 Å². The van der Waals surface area contributed by atoms with Crippen molar-refractivity contribution in [3.63, 3.8) is 0 Å². The van der Waals surface area contributed by atoms with Crippen LogP contribution in [0.4, 0.5) is 20.2 Å². The van der Waals surface area contributed by atoms with E-state index in [0.717, 1.165) is 37.1 Å². The summed E-state index contributed by atoms with van der Waals surface area (Å²) in [5.41, 5.74) is 3.84. The van der Waals surface area contributed by atoms with Crippen LogP contribution in [0.25, 0.3) is 10.9 Å². The highest BCUT2D eigenvalue weighted by molar-refractivity contribution is 6.31. The van der Waals surface area contributed by atoms with Crippen molar-refractivity contribution in [3.8, 4) is 5.75 Å². The average Bonchev–Trinajstić information content (AvgIpc) is 2.87. The van der Waals surface area contributed by atoms with Crippen LogP contribution in [0.2, 0.25) is 5.02 Å². The smallest absolute Gasteiger partial charge is 0.305 e. The number of rotatable bonds is 9. The lowest BCUT2D eigenvalue weighted by atomic mass is 10.2. The van der Waals surface area contributed by atoms with Gasteiger partial charge >= 0.3 is 5.91 Å². The van der Waals surface area contributed by atoms with Crippen LogP contribution >= 0.6 is 11.6 Å². The van der Waals surface area contributed by atoms with Crippen molar-refractivity contribution >= 4 is 39.8 Å². The quantitative estimate of drug-likeness (QED) is 0.264. The van der Waals surface area contributed by atoms with Gasteiger partial charge in [-0.3, -0.25) is 15.1 Å². The van der Waals surface area contributed by atoms with E-state index in [2.05, 4.69) is 26.9 Å². The van der Waals surface area contributed by atoms with Crippen LogP contribution in [0.3, 0.4) is 0 Å². The van der Waals surface area contributed by atoms with Crippen LogP contribution in [0.15, 0.2) is 55.3 Å². The number of anilines is 2. The number of morpholine rings is 1. The molecule has 0 bridgehead atoms. The Labute approximate surface area is 206 Å². The molecule has 1 N–H and O–H groups in total. The lowest BCUT2D eigenvalue weighted by Crippen LogP contribution is -2.37. The highest BCUT2D eigenvalue weighted by atomic mass is 35.5. The van der Waals surface area contributed by atoms with Crippen LogP contribution in [0, 0.1) is 5.82 Å². The van der Waals surface area contributed by atoms with Gasteiger partial charge in [-0.2, -0.15) is 0 Å². The van der Waals surface area contributed by atoms with E-state index in [1.54, 1.807) is 18.3 Å². The summed E-state index contributed by atoms with van der Waals surface area (Å²) in [6.07, 6.45) is 3.69. The Bertz CT molecular complexity index is 1220. The molecule has 8 nitrogen and oxygen atoms in total. The first-order chi connectivity index (χ1) is 16.9. The maximum atomic E-state index is 14.0. The Morgan fingerprint density at radius 1 is 1.29 bits per heavy atom. The van der Waals surface area contributed by atoms with Crippen molar-refractivity contribution in [3.05, 3.63) is 66.1 Å². The van der Waals surface area contributed by atoms with Crippen molar-refractivity contribution in [1.82, 2.24) is 14.9 Å². The Kier molecular flexibility index (Phi) is 8.06. The van der Waals surface area contributed by atoms with E-state index in [1.165, 1.54) is 18.5 Å². The Morgan fingerprint density at radius 2 is 2.09 bits per heavy atom. The fourth-order valence-corrected chi connectivity index (χ4v) is 3.80. The number of nitrogens with one attached hydrogen (secondary N) is 1. The predicted octanol–water partition coefficient (Wildman–Crippen LogP) is 4.37. The van der Waals surface area contributed by atoms with E-state index < -0.39 is 17.6 Å². The van der Waals surface area contributed by atoms with E-state index in [1.807, 2.05) is 0 Å². The summed E-state index contributed by atoms with van der Waals surface area (Å²) < 4.78 is 39.1. The van der Waals surface area contributed by atoms with Crippen molar-refractivity contribution < 1.29 is 23.0 Å². The zero-order valence-electron chi connectivity index (χ0n) is 18.8. The van der Waals surface area contributed by atoms with E-state index >= 15 is 0 Å². The lowest BCUT2D eigenvalue weighted by molar-refractivity contribution is -0.116. The average molecular weight is 504 g/mol. The van der Waals surface area contributed by atoms with Gasteiger partial charge in [0.05, 0.1) is 36.0 Å². The van der Waals surface area contributed by atoms with Crippen LogP contribution < -0.4 is 15.2 Å². The number of ether oxygens (including phenoxy) is 2. The Hall–Kier alpha value is -3.34. The van der Waals surface area contributed by atoms with Gasteiger partial charge in [0.25, 0.3) is 0 Å². The number of benzene rings is 2. The second-order valence-electron chi connectivity index (χ2n) is 7.84. The van der Waals surface area contributed by atoms with E-state index in [9.17, 15) is 13.6 Å². The van der Waals surface area contributed by atoms with Gasteiger partial charge in [0, 0.05) is 37.3 Å². The summed E-state index contributed by atoms with van der Waals surface area (Å²) in [4.78, 5) is 23.3. The molecule has 1 fully saturated rings. The van der Waals surface area contributed by atoms with Gasteiger partial charge in [-0.15, -0.1) is 0 Å². The summed E-state index contributed by atoms with van der Waals surface area (Å²) in [5, 5.41) is 1.38. The van der Waals surface area contributed by atoms with Crippen LogP contribution in [-0.4, -0.2) is 60.2 Å². The number of hydrazine groups is 1. The maximum Gasteiger partial charge on any atom is 0.305 e. The van der Waals surface area contributed by atoms with E-state index in [0.29, 0.717) is 36.5 Å². The Morgan fingerprint density at radius 3 is 2.83 bits per heavy atom. The molecular weight excluding hydrogens is 480 g/mol. The molecule has 184 valence electrons. The second-order valence-corrected chi connectivity index (χ2v) is 8.25. The standard InChI is InChI=1S/C24H24ClF2N5O3/c1-16(26)24(33)32(30-18-3-4-20(27)19(25)12-18)22-11-17-14-28-15-29-21(17)13-23(22)35-8-2-5-31-6-9-34-10-7-31/h3-4,11-15,30H,1-2,5-10H2. The number of aromatic nitrogens is 2. The minimum atomic E-state index is -1.20. The van der Waals surface area contributed by atoms with Crippen molar-refractivity contribution in [1.29, 1.82) is 0 Å². The molecular formula is C24H24ClF2N5O3. The molecule has 4 rings (SSSR count). The van der Waals surface area contributed by atoms with Gasteiger partial charge < -0.3 is 9.47 Å². The maximum absolute atomic E-state index is 14.0. The second kappa shape index (κ2) is 11.4. The lowest BCUT2D eigenvalue weighted by Gasteiger charge is -2.27. The molecule has 0 radical (unpaired) electrons. The minimum Gasteiger partial charge on any atom is -0.491 e. The predicted molar refractivity (Wildman–Crippen MR) is 130 cm³/mol. The Balaban J connectivity index is 1.63. The third-order valence-corrected chi connectivity index (χ3v) is 5.69. The topological polar surface area (TPSA) is 79.8 Å². The number of halogens is 3. The number of hydrogen-bond acceptors (Lipinski definition) is 7. The summed E-state index contributed by atoms with van der Waals surface area (Å²) in [5.74, 6) is -2.58. The molecule has 0 unspecified atom stereocenters. The summed E-state index contributed by atoms with van der Waals surface area (Å²) in [7, 11) is 0. The summed E-state index contributed by atoms with van der Waals surface area (Å²) in [6, 6.07) is 7.04. The fourth-order valence-electron chi connectivity index (χ4n) is 3.62. The minimum absolute atomic E-state index is 0.159. The molecule has 2 heterocycles. The molecule has 1 saturated heterocycles. The van der Waals surface area contributed by atoms with Gasteiger partial charge in [0.1, 0.15) is 23.6 Å². The zero-order chi connectivity index (χ0) is 24.8. The summed E-state index contributed by atoms with van der Waals surface area (Å²) in [6.45, 7) is 7.44. The molecule has 1 aliphatic rings. The molecule has 0 aliphatic carbocycles. The number of hydrogen-bond donors (Lipinski definition) is 1. The zero-order valence-corrected chi connectivity index (χ0v) is 19.6. The van der Waals surface area contributed by atoms with E-state index in [4.69, 9.17) is 21.1 Å². The molecule has 1 aliphatic heterocycles. The molecule has 11 heteroatoms. The molecule has 1 amide bonds. The molecule has 2 aromatic carbocycles. The largest absolute Gasteiger partial charge is 0.491 e. The normalized spacial score (nSPS) is 14.0. The number of amides is 1. The van der Waals surface area contributed by atoms with Crippen LogP contribution in [-0.2, 0) is 9.53 Å². The number of carbonyl (C=O) groups is 1. The molecule has 0 atom stereocenters.